The normalized spacial score (nSPS) is 11.8. The standard InChI is InChI=1S/C20H9Cl2F4N2S/c21-12-4-5-14(22)15(9-12)28-16(10-19(27-28)20(24,25)26)18-7-6-17(29-18)11-2-1-3-13(23)8-11/h1,3-10H. The molecule has 0 aliphatic heterocycles. The summed E-state index contributed by atoms with van der Waals surface area (Å²) in [4.78, 5) is 1.15. The van der Waals surface area contributed by atoms with Crippen LogP contribution in [0.4, 0.5) is 17.6 Å². The molecule has 29 heavy (non-hydrogen) atoms. The first kappa shape index (κ1) is 19.9. The number of aromatic nitrogens is 2. The zero-order valence-corrected chi connectivity index (χ0v) is 16.6. The summed E-state index contributed by atoms with van der Waals surface area (Å²) in [5, 5.41) is 4.22. The van der Waals surface area contributed by atoms with Crippen molar-refractivity contribution >= 4 is 34.5 Å². The van der Waals surface area contributed by atoms with Crippen LogP contribution in [-0.4, -0.2) is 9.78 Å². The Kier molecular flexibility index (Phi) is 5.14. The molecule has 0 N–H and O–H groups in total. The molecule has 0 saturated carbocycles. The molecule has 147 valence electrons. The molecule has 0 unspecified atom stereocenters. The van der Waals surface area contributed by atoms with E-state index in [-0.39, 0.29) is 16.4 Å². The molecule has 0 fully saturated rings. The van der Waals surface area contributed by atoms with Crippen molar-refractivity contribution in [3.8, 4) is 26.7 Å². The van der Waals surface area contributed by atoms with E-state index in [0.29, 0.717) is 20.3 Å². The highest BCUT2D eigenvalue weighted by Gasteiger charge is 2.35. The van der Waals surface area contributed by atoms with Crippen molar-refractivity contribution < 1.29 is 17.6 Å². The van der Waals surface area contributed by atoms with E-state index in [1.807, 2.05) is 0 Å². The van der Waals surface area contributed by atoms with Crippen molar-refractivity contribution in [2.24, 2.45) is 0 Å². The molecular formula is C20H9Cl2F4N2S. The molecule has 0 bridgehead atoms. The van der Waals surface area contributed by atoms with Gasteiger partial charge in [0.15, 0.2) is 5.69 Å². The Labute approximate surface area is 176 Å². The van der Waals surface area contributed by atoms with Crippen molar-refractivity contribution in [1.29, 1.82) is 0 Å². The van der Waals surface area contributed by atoms with Gasteiger partial charge in [0.2, 0.25) is 0 Å². The van der Waals surface area contributed by atoms with Crippen LogP contribution in [0.1, 0.15) is 5.69 Å². The lowest BCUT2D eigenvalue weighted by molar-refractivity contribution is -0.141. The Morgan fingerprint density at radius 1 is 0.966 bits per heavy atom. The van der Waals surface area contributed by atoms with Crippen molar-refractivity contribution in [2.45, 2.75) is 6.18 Å². The van der Waals surface area contributed by atoms with Crippen molar-refractivity contribution in [3.63, 3.8) is 0 Å². The SMILES string of the molecule is Fc1cc[c]c(-c2ccc(-c3cc(C(F)(F)F)nn3-c3cc(Cl)ccc3Cl)s2)c1. The van der Waals surface area contributed by atoms with Gasteiger partial charge in [-0.3, -0.25) is 0 Å². The monoisotopic (exact) mass is 455 g/mol. The van der Waals surface area contributed by atoms with Gasteiger partial charge >= 0.3 is 6.18 Å². The van der Waals surface area contributed by atoms with Gasteiger partial charge < -0.3 is 0 Å². The number of halogens is 6. The van der Waals surface area contributed by atoms with Gasteiger partial charge in [0, 0.05) is 15.5 Å². The van der Waals surface area contributed by atoms with E-state index in [0.717, 1.165) is 10.7 Å². The number of rotatable bonds is 3. The highest BCUT2D eigenvalue weighted by molar-refractivity contribution is 7.18. The molecule has 0 atom stereocenters. The summed E-state index contributed by atoms with van der Waals surface area (Å²) in [5.74, 6) is -0.427. The topological polar surface area (TPSA) is 17.8 Å². The second kappa shape index (κ2) is 7.48. The fraction of sp³-hybridized carbons (Fsp3) is 0.0500. The number of thiophene rings is 1. The summed E-state index contributed by atoms with van der Waals surface area (Å²) in [6.07, 6.45) is -4.64. The zero-order chi connectivity index (χ0) is 20.8. The zero-order valence-electron chi connectivity index (χ0n) is 14.3. The maximum Gasteiger partial charge on any atom is 0.435 e. The van der Waals surface area contributed by atoms with E-state index < -0.39 is 17.7 Å². The molecule has 1 radical (unpaired) electrons. The molecule has 0 spiro atoms. The molecule has 0 saturated heterocycles. The average Bonchev–Trinajstić information content (AvgIpc) is 3.30. The van der Waals surface area contributed by atoms with Crippen LogP contribution in [0.15, 0.2) is 54.6 Å². The minimum absolute atomic E-state index is 0.189. The highest BCUT2D eigenvalue weighted by Crippen LogP contribution is 2.39. The third-order valence-corrected chi connectivity index (χ3v) is 5.72. The van der Waals surface area contributed by atoms with Crippen LogP contribution >= 0.6 is 34.5 Å². The molecule has 2 nitrogen and oxygen atoms in total. The summed E-state index contributed by atoms with van der Waals surface area (Å²) in [6.45, 7) is 0. The predicted molar refractivity (Wildman–Crippen MR) is 106 cm³/mol. The van der Waals surface area contributed by atoms with Crippen LogP contribution in [0.25, 0.3) is 26.7 Å². The van der Waals surface area contributed by atoms with E-state index in [2.05, 4.69) is 11.2 Å². The van der Waals surface area contributed by atoms with Crippen molar-refractivity contribution in [2.75, 3.05) is 0 Å². The smallest absolute Gasteiger partial charge is 0.230 e. The number of nitrogens with zero attached hydrogens (tertiary/aromatic N) is 2. The first-order chi connectivity index (χ1) is 13.7. The van der Waals surface area contributed by atoms with Gasteiger partial charge in [-0.2, -0.15) is 18.3 Å². The summed E-state index contributed by atoms with van der Waals surface area (Å²) in [6, 6.07) is 15.7. The number of benzene rings is 2. The van der Waals surface area contributed by atoms with E-state index in [1.165, 1.54) is 47.7 Å². The molecule has 9 heteroatoms. The minimum Gasteiger partial charge on any atom is -0.230 e. The fourth-order valence-electron chi connectivity index (χ4n) is 2.73. The lowest BCUT2D eigenvalue weighted by Crippen LogP contribution is -2.07. The predicted octanol–water partition coefficient (Wildman–Crippen LogP) is 7.53. The molecule has 2 aromatic carbocycles. The van der Waals surface area contributed by atoms with Gasteiger partial charge in [-0.05, 0) is 54.6 Å². The molecular weight excluding hydrogens is 447 g/mol. The Bertz CT molecular complexity index is 1200. The van der Waals surface area contributed by atoms with Crippen molar-refractivity contribution in [1.82, 2.24) is 9.78 Å². The maximum absolute atomic E-state index is 13.5. The first-order valence-corrected chi connectivity index (χ1v) is 9.70. The third kappa shape index (κ3) is 4.03. The molecule has 4 rings (SSSR count). The largest absolute Gasteiger partial charge is 0.435 e. The van der Waals surface area contributed by atoms with Gasteiger partial charge in [0.05, 0.1) is 21.3 Å². The van der Waals surface area contributed by atoms with Crippen molar-refractivity contribution in [3.05, 3.63) is 82.2 Å². The lowest BCUT2D eigenvalue weighted by Gasteiger charge is -2.09. The second-order valence-corrected chi connectivity index (χ2v) is 7.93. The minimum atomic E-state index is -4.64. The van der Waals surface area contributed by atoms with Gasteiger partial charge in [-0.25, -0.2) is 9.07 Å². The quantitative estimate of drug-likeness (QED) is 0.292. The number of hydrogen-bond acceptors (Lipinski definition) is 2. The highest BCUT2D eigenvalue weighted by atomic mass is 35.5. The van der Waals surface area contributed by atoms with E-state index >= 15 is 0 Å². The molecule has 2 aromatic heterocycles. The summed E-state index contributed by atoms with van der Waals surface area (Å²) in [5.41, 5.74) is -0.147. The Balaban J connectivity index is 1.87. The van der Waals surface area contributed by atoms with Crippen LogP contribution in [0, 0.1) is 11.9 Å². The van der Waals surface area contributed by atoms with E-state index in [4.69, 9.17) is 23.2 Å². The molecule has 4 aromatic rings. The van der Waals surface area contributed by atoms with Crippen LogP contribution in [0.5, 0.6) is 0 Å². The second-order valence-electron chi connectivity index (χ2n) is 6.00. The molecule has 0 amide bonds. The summed E-state index contributed by atoms with van der Waals surface area (Å²) in [7, 11) is 0. The third-order valence-electron chi connectivity index (χ3n) is 4.02. The lowest BCUT2D eigenvalue weighted by atomic mass is 10.2. The average molecular weight is 456 g/mol. The summed E-state index contributed by atoms with van der Waals surface area (Å²) >= 11 is 13.4. The fourth-order valence-corrected chi connectivity index (χ4v) is 4.08. The Hall–Kier alpha value is -2.35. The Morgan fingerprint density at radius 3 is 2.45 bits per heavy atom. The van der Waals surface area contributed by atoms with E-state index in [9.17, 15) is 17.6 Å². The molecule has 0 aliphatic carbocycles. The number of alkyl halides is 3. The van der Waals surface area contributed by atoms with Gasteiger partial charge in [-0.15, -0.1) is 11.3 Å². The first-order valence-electron chi connectivity index (χ1n) is 8.13. The van der Waals surface area contributed by atoms with Crippen LogP contribution in [0.3, 0.4) is 0 Å². The maximum atomic E-state index is 13.5. The summed E-state index contributed by atoms with van der Waals surface area (Å²) < 4.78 is 54.6. The van der Waals surface area contributed by atoms with Crippen LogP contribution in [-0.2, 0) is 6.18 Å². The number of hydrogen-bond donors (Lipinski definition) is 0. The van der Waals surface area contributed by atoms with Gasteiger partial charge in [0.1, 0.15) is 5.82 Å². The van der Waals surface area contributed by atoms with Crippen LogP contribution in [0.2, 0.25) is 10.0 Å². The van der Waals surface area contributed by atoms with Gasteiger partial charge in [-0.1, -0.05) is 29.3 Å². The van der Waals surface area contributed by atoms with Gasteiger partial charge in [0.25, 0.3) is 0 Å². The van der Waals surface area contributed by atoms with E-state index in [1.54, 1.807) is 12.1 Å². The molecule has 0 aliphatic rings. The Morgan fingerprint density at radius 2 is 1.72 bits per heavy atom. The molecule has 2 heterocycles. The van der Waals surface area contributed by atoms with Crippen LogP contribution < -0.4 is 0 Å².